The minimum Gasteiger partial charge on any atom is -0.365 e. The zero-order chi connectivity index (χ0) is 9.42. The molecule has 1 aromatic carbocycles. The summed E-state index contributed by atoms with van der Waals surface area (Å²) in [6.45, 7) is 0. The summed E-state index contributed by atoms with van der Waals surface area (Å²) < 4.78 is 0. The van der Waals surface area contributed by atoms with Gasteiger partial charge in [-0.05, 0) is 6.07 Å². The van der Waals surface area contributed by atoms with Gasteiger partial charge in [0.1, 0.15) is 5.57 Å². The molecule has 1 heterocycles. The SMILES string of the molecule is NC(=O)C1=c2ccccc2=NC1=O. The first kappa shape index (κ1) is 7.67. The van der Waals surface area contributed by atoms with E-state index in [9.17, 15) is 9.59 Å². The largest absolute Gasteiger partial charge is 0.365 e. The van der Waals surface area contributed by atoms with Crippen molar-refractivity contribution in [2.45, 2.75) is 0 Å². The van der Waals surface area contributed by atoms with Crippen LogP contribution in [0.2, 0.25) is 0 Å². The van der Waals surface area contributed by atoms with Crippen molar-refractivity contribution in [3.8, 4) is 0 Å². The Morgan fingerprint density at radius 3 is 2.69 bits per heavy atom. The summed E-state index contributed by atoms with van der Waals surface area (Å²) in [7, 11) is 0. The Balaban J connectivity index is 2.92. The quantitative estimate of drug-likeness (QED) is 0.561. The standard InChI is InChI=1S/C9H6N2O2/c10-8(12)7-5-3-1-2-4-6(5)11-9(7)13/h1-4H,(H2,10,12). The monoisotopic (exact) mass is 174 g/mol. The molecule has 0 radical (unpaired) electrons. The molecule has 0 atom stereocenters. The lowest BCUT2D eigenvalue weighted by molar-refractivity contribution is -0.117. The number of amides is 2. The molecule has 1 aromatic rings. The zero-order valence-electron chi connectivity index (χ0n) is 6.65. The van der Waals surface area contributed by atoms with Gasteiger partial charge in [0.15, 0.2) is 0 Å². The summed E-state index contributed by atoms with van der Waals surface area (Å²) in [5.74, 6) is -1.27. The average molecular weight is 174 g/mol. The number of primary amides is 1. The Labute approximate surface area is 73.4 Å². The van der Waals surface area contributed by atoms with Crippen molar-refractivity contribution in [2.24, 2.45) is 10.7 Å². The molecule has 0 aliphatic carbocycles. The third-order valence-electron chi connectivity index (χ3n) is 1.86. The van der Waals surface area contributed by atoms with Crippen molar-refractivity contribution in [3.63, 3.8) is 0 Å². The first-order valence-corrected chi connectivity index (χ1v) is 3.72. The van der Waals surface area contributed by atoms with Crippen LogP contribution >= 0.6 is 0 Å². The van der Waals surface area contributed by atoms with Crippen molar-refractivity contribution in [1.29, 1.82) is 0 Å². The van der Waals surface area contributed by atoms with Gasteiger partial charge in [-0.15, -0.1) is 0 Å². The highest BCUT2D eigenvalue weighted by Gasteiger charge is 2.20. The van der Waals surface area contributed by atoms with Crippen molar-refractivity contribution >= 4 is 17.4 Å². The summed E-state index contributed by atoms with van der Waals surface area (Å²) in [5, 5.41) is 1.04. The number of fused-ring (bicyclic) bond motifs is 1. The van der Waals surface area contributed by atoms with E-state index in [1.54, 1.807) is 24.3 Å². The molecule has 0 fully saturated rings. The predicted molar refractivity (Wildman–Crippen MR) is 44.8 cm³/mol. The van der Waals surface area contributed by atoms with Crippen LogP contribution in [0.15, 0.2) is 29.3 Å². The lowest BCUT2D eigenvalue weighted by Crippen LogP contribution is -2.28. The van der Waals surface area contributed by atoms with Crippen LogP contribution in [0, 0.1) is 0 Å². The second-order valence-corrected chi connectivity index (χ2v) is 2.67. The Morgan fingerprint density at radius 1 is 1.31 bits per heavy atom. The van der Waals surface area contributed by atoms with E-state index in [0.717, 1.165) is 0 Å². The summed E-state index contributed by atoms with van der Waals surface area (Å²) in [6.07, 6.45) is 0. The van der Waals surface area contributed by atoms with Gasteiger partial charge in [-0.3, -0.25) is 9.59 Å². The third-order valence-corrected chi connectivity index (χ3v) is 1.86. The molecule has 0 aromatic heterocycles. The van der Waals surface area contributed by atoms with E-state index in [-0.39, 0.29) is 5.57 Å². The molecule has 2 rings (SSSR count). The van der Waals surface area contributed by atoms with Crippen molar-refractivity contribution in [2.75, 3.05) is 0 Å². The van der Waals surface area contributed by atoms with Gasteiger partial charge in [0.05, 0.1) is 5.36 Å². The van der Waals surface area contributed by atoms with E-state index >= 15 is 0 Å². The molecule has 1 aliphatic heterocycles. The summed E-state index contributed by atoms with van der Waals surface area (Å²) >= 11 is 0. The molecular weight excluding hydrogens is 168 g/mol. The van der Waals surface area contributed by atoms with Crippen LogP contribution in [-0.4, -0.2) is 11.8 Å². The van der Waals surface area contributed by atoms with Crippen LogP contribution in [0.5, 0.6) is 0 Å². The lowest BCUT2D eigenvalue weighted by Gasteiger charge is -1.89. The Bertz CT molecular complexity index is 517. The van der Waals surface area contributed by atoms with Crippen LogP contribution in [0.3, 0.4) is 0 Å². The molecule has 0 spiro atoms. The second-order valence-electron chi connectivity index (χ2n) is 2.67. The Hall–Kier alpha value is -1.97. The molecule has 4 nitrogen and oxygen atoms in total. The van der Waals surface area contributed by atoms with Gasteiger partial charge < -0.3 is 5.73 Å². The molecule has 1 aliphatic rings. The molecule has 4 heteroatoms. The molecule has 2 N–H and O–H groups in total. The Kier molecular flexibility index (Phi) is 1.48. The van der Waals surface area contributed by atoms with E-state index in [1.807, 2.05) is 0 Å². The van der Waals surface area contributed by atoms with Gasteiger partial charge in [-0.25, -0.2) is 4.99 Å². The highest BCUT2D eigenvalue weighted by Crippen LogP contribution is 1.97. The van der Waals surface area contributed by atoms with E-state index in [1.165, 1.54) is 0 Å². The van der Waals surface area contributed by atoms with Crippen LogP contribution in [0.4, 0.5) is 0 Å². The van der Waals surface area contributed by atoms with Crippen molar-refractivity contribution in [3.05, 3.63) is 34.8 Å². The van der Waals surface area contributed by atoms with Gasteiger partial charge in [-0.1, -0.05) is 18.2 Å². The average Bonchev–Trinajstić information content (AvgIpc) is 2.39. The second kappa shape index (κ2) is 2.52. The number of para-hydroxylation sites is 1. The van der Waals surface area contributed by atoms with Crippen LogP contribution in [-0.2, 0) is 9.59 Å². The number of nitrogens with zero attached hydrogens (tertiary/aromatic N) is 1. The van der Waals surface area contributed by atoms with E-state index < -0.39 is 11.8 Å². The van der Waals surface area contributed by atoms with Gasteiger partial charge in [-0.2, -0.15) is 0 Å². The number of nitrogens with two attached hydrogens (primary N) is 1. The van der Waals surface area contributed by atoms with Gasteiger partial charge >= 0.3 is 0 Å². The summed E-state index contributed by atoms with van der Waals surface area (Å²) in [5.41, 5.74) is 5.03. The molecule has 13 heavy (non-hydrogen) atoms. The number of rotatable bonds is 1. The molecular formula is C9H6N2O2. The number of carbonyl (C=O) groups excluding carboxylic acids is 2. The number of hydrogen-bond donors (Lipinski definition) is 1. The maximum absolute atomic E-state index is 11.2. The smallest absolute Gasteiger partial charge is 0.283 e. The van der Waals surface area contributed by atoms with Gasteiger partial charge in [0.2, 0.25) is 0 Å². The minimum atomic E-state index is -0.723. The molecule has 64 valence electrons. The van der Waals surface area contributed by atoms with Gasteiger partial charge in [0, 0.05) is 5.22 Å². The first-order valence-electron chi connectivity index (χ1n) is 3.72. The normalized spacial score (nSPS) is 13.8. The molecule has 0 unspecified atom stereocenters. The molecule has 0 saturated carbocycles. The molecule has 0 bridgehead atoms. The van der Waals surface area contributed by atoms with Crippen molar-refractivity contribution in [1.82, 2.24) is 0 Å². The van der Waals surface area contributed by atoms with E-state index in [2.05, 4.69) is 4.99 Å². The fourth-order valence-corrected chi connectivity index (χ4v) is 1.30. The maximum atomic E-state index is 11.2. The fraction of sp³-hybridized carbons (Fsp3) is 0. The highest BCUT2D eigenvalue weighted by molar-refractivity contribution is 6.40. The predicted octanol–water partition coefficient (Wildman–Crippen LogP) is -1.52. The highest BCUT2D eigenvalue weighted by atomic mass is 16.2. The van der Waals surface area contributed by atoms with E-state index in [4.69, 9.17) is 5.73 Å². The zero-order valence-corrected chi connectivity index (χ0v) is 6.65. The molecule has 0 saturated heterocycles. The van der Waals surface area contributed by atoms with Crippen LogP contribution in [0.1, 0.15) is 0 Å². The van der Waals surface area contributed by atoms with Crippen molar-refractivity contribution < 1.29 is 9.59 Å². The summed E-state index contributed by atoms with van der Waals surface area (Å²) in [6, 6.07) is 6.81. The van der Waals surface area contributed by atoms with Crippen LogP contribution in [0.25, 0.3) is 5.57 Å². The van der Waals surface area contributed by atoms with Gasteiger partial charge in [0.25, 0.3) is 11.8 Å². The first-order chi connectivity index (χ1) is 6.20. The summed E-state index contributed by atoms with van der Waals surface area (Å²) in [4.78, 5) is 25.7. The lowest BCUT2D eigenvalue weighted by atomic mass is 10.2. The fourth-order valence-electron chi connectivity index (χ4n) is 1.30. The van der Waals surface area contributed by atoms with Crippen LogP contribution < -0.4 is 16.3 Å². The number of hydrogen-bond acceptors (Lipinski definition) is 2. The van der Waals surface area contributed by atoms with E-state index in [0.29, 0.717) is 10.6 Å². The number of benzene rings is 1. The minimum absolute atomic E-state index is 0.0180. The maximum Gasteiger partial charge on any atom is 0.283 e. The third kappa shape index (κ3) is 1.03. The number of carbonyl (C=O) groups is 2. The topological polar surface area (TPSA) is 72.5 Å². The Morgan fingerprint density at radius 2 is 2.00 bits per heavy atom. The molecule has 2 amide bonds.